The van der Waals surface area contributed by atoms with Crippen molar-refractivity contribution in [1.29, 1.82) is 0 Å². The van der Waals surface area contributed by atoms with Gasteiger partial charge in [0, 0.05) is 12.4 Å². The average molecular weight is 433 g/mol. The third-order valence-corrected chi connectivity index (χ3v) is 3.78. The molecule has 0 saturated heterocycles. The zero-order chi connectivity index (χ0) is 23.0. The van der Waals surface area contributed by atoms with Gasteiger partial charge in [-0.25, -0.2) is 4.39 Å². The molecule has 0 radical (unpaired) electrons. The third-order valence-electron chi connectivity index (χ3n) is 3.78. The molecule has 0 aliphatic heterocycles. The van der Waals surface area contributed by atoms with Gasteiger partial charge in [-0.1, -0.05) is 0 Å². The predicted molar refractivity (Wildman–Crippen MR) is 98.7 cm³/mol. The highest BCUT2D eigenvalue weighted by Crippen LogP contribution is 2.34. The number of anilines is 1. The number of pyridine rings is 1. The van der Waals surface area contributed by atoms with Crippen molar-refractivity contribution in [3.63, 3.8) is 0 Å². The molecule has 12 heteroatoms. The Kier molecular flexibility index (Phi) is 6.00. The second kappa shape index (κ2) is 7.84. The number of nitrogens with zero attached hydrogens (tertiary/aromatic N) is 1. The number of alkyl halides is 3. The van der Waals surface area contributed by atoms with Crippen LogP contribution in [0.2, 0.25) is 0 Å². The molecular weight excluding hydrogens is 414 g/mol. The zero-order valence-corrected chi connectivity index (χ0v) is 16.4. The van der Waals surface area contributed by atoms with Gasteiger partial charge in [-0.2, -0.15) is 13.2 Å². The smallest absolute Gasteiger partial charge is 0.482 e. The third kappa shape index (κ3) is 4.99. The Morgan fingerprint density at radius 3 is 2.33 bits per heavy atom. The fraction of sp³-hybridized carbons (Fsp3) is 0.389. The molecule has 164 valence electrons. The monoisotopic (exact) mass is 433 g/mol. The van der Waals surface area contributed by atoms with Crippen LogP contribution in [0.1, 0.15) is 31.1 Å². The minimum absolute atomic E-state index is 0.382. The predicted octanol–water partition coefficient (Wildman–Crippen LogP) is 2.39. The summed E-state index contributed by atoms with van der Waals surface area (Å²) in [5.74, 6) is -4.25. The minimum Gasteiger partial charge on any atom is -0.506 e. The molecule has 1 amide bonds. The first-order valence-electron chi connectivity index (χ1n) is 8.51. The number of fused-ring (bicyclic) bond motifs is 1. The van der Waals surface area contributed by atoms with Gasteiger partial charge in [0.25, 0.3) is 11.5 Å². The molecule has 0 unspecified atom stereocenters. The number of ether oxygens (including phenoxy) is 1. The molecule has 30 heavy (non-hydrogen) atoms. The lowest BCUT2D eigenvalue weighted by Crippen LogP contribution is -2.38. The topological polar surface area (TPSA) is 110 Å². The van der Waals surface area contributed by atoms with Gasteiger partial charge in [0.15, 0.2) is 0 Å². The molecule has 0 bridgehead atoms. The molecule has 2 aromatic rings. The largest absolute Gasteiger partial charge is 0.506 e. The highest BCUT2D eigenvalue weighted by molar-refractivity contribution is 6.05. The standard InChI is InChI=1S/C18H19F4N3O5/c1-17(2,3)30-10(26)7-23-15(28)11-14(27)8-5-6-9(19)12(24-18(20,21)22)13(8)25(4)16(11)29/h5-6,24,27H,7H2,1-4H3,(H,23,28). The van der Waals surface area contributed by atoms with Crippen molar-refractivity contribution >= 4 is 28.5 Å². The van der Waals surface area contributed by atoms with Crippen molar-refractivity contribution in [2.24, 2.45) is 7.05 Å². The lowest BCUT2D eigenvalue weighted by atomic mass is 10.1. The first-order chi connectivity index (χ1) is 13.6. The first-order valence-corrected chi connectivity index (χ1v) is 8.51. The summed E-state index contributed by atoms with van der Waals surface area (Å²) in [7, 11) is 1.01. The number of aromatic hydroxyl groups is 1. The number of rotatable bonds is 4. The lowest BCUT2D eigenvalue weighted by Gasteiger charge is -2.20. The number of halogens is 4. The Morgan fingerprint density at radius 2 is 1.80 bits per heavy atom. The van der Waals surface area contributed by atoms with E-state index in [0.29, 0.717) is 10.6 Å². The number of amides is 1. The van der Waals surface area contributed by atoms with Crippen molar-refractivity contribution in [2.75, 3.05) is 11.9 Å². The van der Waals surface area contributed by atoms with E-state index in [1.165, 1.54) is 0 Å². The van der Waals surface area contributed by atoms with Crippen LogP contribution in [0.15, 0.2) is 16.9 Å². The number of hydrogen-bond donors (Lipinski definition) is 3. The van der Waals surface area contributed by atoms with Crippen LogP contribution in [0.4, 0.5) is 23.2 Å². The van der Waals surface area contributed by atoms with Crippen LogP contribution >= 0.6 is 0 Å². The normalized spacial score (nSPS) is 12.0. The summed E-state index contributed by atoms with van der Waals surface area (Å²) in [5, 5.41) is 13.1. The van der Waals surface area contributed by atoms with Crippen molar-refractivity contribution in [1.82, 2.24) is 9.88 Å². The van der Waals surface area contributed by atoms with Crippen LogP contribution in [0.3, 0.4) is 0 Å². The van der Waals surface area contributed by atoms with Gasteiger partial charge < -0.3 is 19.7 Å². The molecule has 3 N–H and O–H groups in total. The van der Waals surface area contributed by atoms with Gasteiger partial charge in [-0.15, -0.1) is 0 Å². The SMILES string of the molecule is Cn1c(=O)c(C(=O)NCC(=O)OC(C)(C)C)c(O)c2ccc(F)c(NC(F)(F)F)c21. The van der Waals surface area contributed by atoms with Gasteiger partial charge in [-0.05, 0) is 32.9 Å². The van der Waals surface area contributed by atoms with Crippen molar-refractivity contribution in [2.45, 2.75) is 32.7 Å². The van der Waals surface area contributed by atoms with Gasteiger partial charge in [0.05, 0.1) is 5.52 Å². The molecule has 2 rings (SSSR count). The molecule has 1 aromatic heterocycles. The Balaban J connectivity index is 2.51. The second-order valence-electron chi connectivity index (χ2n) is 7.30. The summed E-state index contributed by atoms with van der Waals surface area (Å²) in [4.78, 5) is 36.6. The molecule has 8 nitrogen and oxygen atoms in total. The Morgan fingerprint density at radius 1 is 1.20 bits per heavy atom. The van der Waals surface area contributed by atoms with Gasteiger partial charge in [-0.3, -0.25) is 19.7 Å². The number of hydrogen-bond acceptors (Lipinski definition) is 6. The quantitative estimate of drug-likeness (QED) is 0.388. The minimum atomic E-state index is -5.02. The summed E-state index contributed by atoms with van der Waals surface area (Å²) in [6.45, 7) is 4.18. The van der Waals surface area contributed by atoms with Crippen molar-refractivity contribution < 1.29 is 37.0 Å². The molecule has 0 aliphatic rings. The summed E-state index contributed by atoms with van der Waals surface area (Å²) < 4.78 is 57.8. The number of carbonyl (C=O) groups is 2. The van der Waals surface area contributed by atoms with Crippen molar-refractivity contribution in [3.05, 3.63) is 33.9 Å². The number of carbonyl (C=O) groups excluding carboxylic acids is 2. The Hall–Kier alpha value is -3.31. The zero-order valence-electron chi connectivity index (χ0n) is 16.4. The first kappa shape index (κ1) is 23.0. The van der Waals surface area contributed by atoms with Crippen LogP contribution in [0.25, 0.3) is 10.9 Å². The van der Waals surface area contributed by atoms with Crippen LogP contribution in [0, 0.1) is 5.82 Å². The van der Waals surface area contributed by atoms with E-state index in [1.54, 1.807) is 20.8 Å². The van der Waals surface area contributed by atoms with E-state index in [9.17, 15) is 37.1 Å². The van der Waals surface area contributed by atoms with Crippen LogP contribution in [0.5, 0.6) is 5.75 Å². The molecule has 0 fully saturated rings. The number of esters is 1. The maximum Gasteiger partial charge on any atom is 0.482 e. The molecular formula is C18H19F4N3O5. The second-order valence-corrected chi connectivity index (χ2v) is 7.30. The summed E-state index contributed by atoms with van der Waals surface area (Å²) in [5.41, 5.74) is -4.53. The molecule has 0 saturated carbocycles. The molecule has 1 heterocycles. The fourth-order valence-corrected chi connectivity index (χ4v) is 2.69. The highest BCUT2D eigenvalue weighted by atomic mass is 19.4. The molecule has 0 atom stereocenters. The number of benzene rings is 1. The number of nitrogens with one attached hydrogen (secondary N) is 2. The van der Waals surface area contributed by atoms with Gasteiger partial charge in [0.1, 0.15) is 35.0 Å². The van der Waals surface area contributed by atoms with Crippen LogP contribution < -0.4 is 16.2 Å². The molecule has 0 aliphatic carbocycles. The Labute approximate surface area is 167 Å². The van der Waals surface area contributed by atoms with E-state index in [2.05, 4.69) is 5.32 Å². The van der Waals surface area contributed by atoms with E-state index in [4.69, 9.17) is 4.74 Å². The highest BCUT2D eigenvalue weighted by Gasteiger charge is 2.32. The van der Waals surface area contributed by atoms with Crippen LogP contribution in [-0.4, -0.2) is 40.0 Å². The van der Waals surface area contributed by atoms with Gasteiger partial charge >= 0.3 is 12.3 Å². The van der Waals surface area contributed by atoms with E-state index in [1.807, 2.05) is 0 Å². The lowest BCUT2D eigenvalue weighted by molar-refractivity contribution is -0.153. The van der Waals surface area contributed by atoms with Gasteiger partial charge in [0.2, 0.25) is 0 Å². The van der Waals surface area contributed by atoms with E-state index in [-0.39, 0.29) is 5.39 Å². The number of aryl methyl sites for hydroxylation is 1. The Bertz CT molecular complexity index is 1070. The summed E-state index contributed by atoms with van der Waals surface area (Å²) in [6.07, 6.45) is -5.02. The summed E-state index contributed by atoms with van der Waals surface area (Å²) >= 11 is 0. The molecule has 1 aromatic carbocycles. The van der Waals surface area contributed by atoms with Crippen molar-refractivity contribution in [3.8, 4) is 5.75 Å². The maximum atomic E-state index is 14.0. The van der Waals surface area contributed by atoms with Crippen LogP contribution in [-0.2, 0) is 16.6 Å². The van der Waals surface area contributed by atoms with E-state index in [0.717, 1.165) is 18.4 Å². The molecule has 0 spiro atoms. The summed E-state index contributed by atoms with van der Waals surface area (Å²) in [6, 6.07) is 1.56. The van der Waals surface area contributed by atoms with E-state index < -0.39 is 64.2 Å². The maximum absolute atomic E-state index is 14.0. The average Bonchev–Trinajstić information content (AvgIpc) is 2.57. The van der Waals surface area contributed by atoms with E-state index >= 15 is 0 Å². The number of aromatic nitrogens is 1. The fourth-order valence-electron chi connectivity index (χ4n) is 2.69.